The first-order valence-corrected chi connectivity index (χ1v) is 7.04. The molecule has 1 aromatic carbocycles. The first-order chi connectivity index (χ1) is 8.08. The molecule has 0 saturated heterocycles. The van der Waals surface area contributed by atoms with E-state index in [2.05, 4.69) is 6.07 Å². The van der Waals surface area contributed by atoms with Crippen LogP contribution < -0.4 is 5.73 Å². The third-order valence-electron chi connectivity index (χ3n) is 2.49. The maximum atomic E-state index is 13.5. The predicted octanol–water partition coefficient (Wildman–Crippen LogP) is 4.37. The number of benzene rings is 1. The molecule has 0 aliphatic carbocycles. The molecule has 0 aliphatic rings. The normalized spacial score (nSPS) is 12.7. The van der Waals surface area contributed by atoms with E-state index in [0.717, 1.165) is 10.5 Å². The Labute approximate surface area is 109 Å². The molecule has 2 N–H and O–H groups in total. The second-order valence-electron chi connectivity index (χ2n) is 3.96. The van der Waals surface area contributed by atoms with Gasteiger partial charge < -0.3 is 5.73 Å². The quantitative estimate of drug-likeness (QED) is 0.893. The van der Waals surface area contributed by atoms with Crippen LogP contribution in [0.15, 0.2) is 38.8 Å². The van der Waals surface area contributed by atoms with Gasteiger partial charge in [-0.1, -0.05) is 17.8 Å². The summed E-state index contributed by atoms with van der Waals surface area (Å²) in [7, 11) is 0. The first kappa shape index (κ1) is 12.6. The summed E-state index contributed by atoms with van der Waals surface area (Å²) in [5.41, 5.74) is 7.41. The van der Waals surface area contributed by atoms with Crippen LogP contribution in [-0.4, -0.2) is 0 Å². The molecule has 0 radical (unpaired) electrons. The topological polar surface area (TPSA) is 26.0 Å². The summed E-state index contributed by atoms with van der Waals surface area (Å²) in [6.45, 7) is 3.65. The zero-order chi connectivity index (χ0) is 12.4. The molecular formula is C13H14FNS2. The van der Waals surface area contributed by atoms with Crippen LogP contribution in [0, 0.1) is 12.7 Å². The molecule has 0 spiro atoms. The van der Waals surface area contributed by atoms with Crippen LogP contribution in [-0.2, 0) is 0 Å². The van der Waals surface area contributed by atoms with E-state index >= 15 is 0 Å². The molecule has 1 nitrogen and oxygen atoms in total. The van der Waals surface area contributed by atoms with Gasteiger partial charge in [0, 0.05) is 10.9 Å². The summed E-state index contributed by atoms with van der Waals surface area (Å²) in [4.78, 5) is 1.04. The Morgan fingerprint density at radius 3 is 2.76 bits per heavy atom. The molecule has 17 heavy (non-hydrogen) atoms. The molecule has 1 atom stereocenters. The highest BCUT2D eigenvalue weighted by molar-refractivity contribution is 8.01. The van der Waals surface area contributed by atoms with E-state index in [1.54, 1.807) is 36.1 Å². The van der Waals surface area contributed by atoms with Crippen molar-refractivity contribution in [3.63, 3.8) is 0 Å². The summed E-state index contributed by atoms with van der Waals surface area (Å²) in [6, 6.07) is 7.33. The number of aryl methyl sites for hydroxylation is 1. The molecule has 0 aliphatic heterocycles. The van der Waals surface area contributed by atoms with Crippen LogP contribution in [0.1, 0.15) is 24.1 Å². The van der Waals surface area contributed by atoms with Crippen molar-refractivity contribution < 1.29 is 4.39 Å². The van der Waals surface area contributed by atoms with Crippen LogP contribution >= 0.6 is 23.1 Å². The van der Waals surface area contributed by atoms with Crippen molar-refractivity contribution in [2.24, 2.45) is 5.73 Å². The highest BCUT2D eigenvalue weighted by Gasteiger charge is 2.12. The molecule has 0 amide bonds. The van der Waals surface area contributed by atoms with Gasteiger partial charge >= 0.3 is 0 Å². The van der Waals surface area contributed by atoms with Gasteiger partial charge in [-0.2, -0.15) is 0 Å². The predicted molar refractivity (Wildman–Crippen MR) is 72.2 cm³/mol. The monoisotopic (exact) mass is 267 g/mol. The summed E-state index contributed by atoms with van der Waals surface area (Å²) >= 11 is 3.32. The highest BCUT2D eigenvalue weighted by Crippen LogP contribution is 2.36. The molecule has 2 rings (SSSR count). The van der Waals surface area contributed by atoms with E-state index in [9.17, 15) is 4.39 Å². The van der Waals surface area contributed by atoms with Crippen molar-refractivity contribution in [1.29, 1.82) is 0 Å². The van der Waals surface area contributed by atoms with E-state index in [0.29, 0.717) is 5.56 Å². The molecule has 0 bridgehead atoms. The Balaban J connectivity index is 2.41. The Morgan fingerprint density at radius 1 is 1.41 bits per heavy atom. The summed E-state index contributed by atoms with van der Waals surface area (Å²) < 4.78 is 14.7. The molecular weight excluding hydrogens is 253 g/mol. The van der Waals surface area contributed by atoms with Crippen LogP contribution in [0.2, 0.25) is 0 Å². The lowest BCUT2D eigenvalue weighted by Gasteiger charge is -2.13. The maximum absolute atomic E-state index is 13.5. The third kappa shape index (κ3) is 2.89. The SMILES string of the molecule is Cc1cc(Sc2cccs2)c([C@H](C)N)cc1F. The van der Waals surface area contributed by atoms with Crippen LogP contribution in [0.25, 0.3) is 0 Å². The van der Waals surface area contributed by atoms with E-state index in [4.69, 9.17) is 5.73 Å². The van der Waals surface area contributed by atoms with Crippen molar-refractivity contribution in [1.82, 2.24) is 0 Å². The highest BCUT2D eigenvalue weighted by atomic mass is 32.2. The first-order valence-electron chi connectivity index (χ1n) is 5.35. The van der Waals surface area contributed by atoms with Gasteiger partial charge in [0.05, 0.1) is 4.21 Å². The number of halogens is 1. The lowest BCUT2D eigenvalue weighted by atomic mass is 10.1. The minimum Gasteiger partial charge on any atom is -0.324 e. The van der Waals surface area contributed by atoms with E-state index in [1.165, 1.54) is 4.21 Å². The lowest BCUT2D eigenvalue weighted by Crippen LogP contribution is -2.07. The number of hydrogen-bond donors (Lipinski definition) is 1. The van der Waals surface area contributed by atoms with E-state index in [1.807, 2.05) is 24.4 Å². The summed E-state index contributed by atoms with van der Waals surface area (Å²) in [5.74, 6) is -0.187. The summed E-state index contributed by atoms with van der Waals surface area (Å²) in [5, 5.41) is 2.03. The maximum Gasteiger partial charge on any atom is 0.126 e. The Bertz CT molecular complexity index is 506. The van der Waals surface area contributed by atoms with Crippen LogP contribution in [0.5, 0.6) is 0 Å². The van der Waals surface area contributed by atoms with E-state index in [-0.39, 0.29) is 11.9 Å². The van der Waals surface area contributed by atoms with Gasteiger partial charge in [0.15, 0.2) is 0 Å². The molecule has 0 fully saturated rings. The third-order valence-corrected chi connectivity index (χ3v) is 4.60. The van der Waals surface area contributed by atoms with Gasteiger partial charge in [-0.25, -0.2) is 4.39 Å². The van der Waals surface area contributed by atoms with Gasteiger partial charge in [0.2, 0.25) is 0 Å². The second-order valence-corrected chi connectivity index (χ2v) is 6.25. The Kier molecular flexibility index (Phi) is 3.86. The fourth-order valence-electron chi connectivity index (χ4n) is 1.54. The average molecular weight is 267 g/mol. The summed E-state index contributed by atoms with van der Waals surface area (Å²) in [6.07, 6.45) is 0. The van der Waals surface area contributed by atoms with Gasteiger partial charge in [0.25, 0.3) is 0 Å². The van der Waals surface area contributed by atoms with Gasteiger partial charge in [-0.15, -0.1) is 11.3 Å². The Hall–Kier alpha value is -0.840. The van der Waals surface area contributed by atoms with Crippen molar-refractivity contribution >= 4 is 23.1 Å². The minimum atomic E-state index is -0.187. The average Bonchev–Trinajstić information content (AvgIpc) is 2.75. The lowest BCUT2D eigenvalue weighted by molar-refractivity contribution is 0.610. The molecule has 4 heteroatoms. The number of hydrogen-bond acceptors (Lipinski definition) is 3. The van der Waals surface area contributed by atoms with E-state index < -0.39 is 0 Å². The smallest absolute Gasteiger partial charge is 0.126 e. The van der Waals surface area contributed by atoms with Gasteiger partial charge in [-0.05, 0) is 48.6 Å². The molecule has 1 aromatic heterocycles. The van der Waals surface area contributed by atoms with Crippen LogP contribution in [0.3, 0.4) is 0 Å². The molecule has 0 unspecified atom stereocenters. The van der Waals surface area contributed by atoms with Crippen LogP contribution in [0.4, 0.5) is 4.39 Å². The zero-order valence-electron chi connectivity index (χ0n) is 9.74. The van der Waals surface area contributed by atoms with Crippen molar-refractivity contribution in [2.75, 3.05) is 0 Å². The number of rotatable bonds is 3. The fraction of sp³-hybridized carbons (Fsp3) is 0.231. The minimum absolute atomic E-state index is 0.160. The zero-order valence-corrected chi connectivity index (χ0v) is 11.4. The molecule has 1 heterocycles. The van der Waals surface area contributed by atoms with Crippen molar-refractivity contribution in [3.8, 4) is 0 Å². The van der Waals surface area contributed by atoms with Gasteiger partial charge in [0.1, 0.15) is 5.82 Å². The molecule has 2 aromatic rings. The number of thiophene rings is 1. The van der Waals surface area contributed by atoms with Crippen molar-refractivity contribution in [2.45, 2.75) is 29.0 Å². The Morgan fingerprint density at radius 2 is 2.18 bits per heavy atom. The second kappa shape index (κ2) is 5.21. The fourth-order valence-corrected chi connectivity index (χ4v) is 3.58. The molecule has 0 saturated carbocycles. The standard InChI is InChI=1S/C13H14FNS2/c1-8-6-12(17-13-4-3-5-16-13)10(9(2)15)7-11(8)14/h3-7,9H,15H2,1-2H3/t9-/m0/s1. The largest absolute Gasteiger partial charge is 0.324 e. The molecule has 90 valence electrons. The number of nitrogens with two attached hydrogens (primary N) is 1. The van der Waals surface area contributed by atoms with Gasteiger partial charge in [-0.3, -0.25) is 0 Å². The van der Waals surface area contributed by atoms with Crippen molar-refractivity contribution in [3.05, 3.63) is 46.6 Å².